The number of hydrogen-bond donors (Lipinski definition) is 0. The molecule has 0 radical (unpaired) electrons. The van der Waals surface area contributed by atoms with Crippen LogP contribution in [0, 0.1) is 13.8 Å². The van der Waals surface area contributed by atoms with Crippen LogP contribution < -0.4 is 9.47 Å². The molecule has 0 spiro atoms. The Morgan fingerprint density at radius 3 is 2.12 bits per heavy atom. The summed E-state index contributed by atoms with van der Waals surface area (Å²) in [7, 11) is 0. The van der Waals surface area contributed by atoms with E-state index < -0.39 is 5.97 Å². The van der Waals surface area contributed by atoms with Crippen molar-refractivity contribution in [2.75, 3.05) is 0 Å². The fourth-order valence-electron chi connectivity index (χ4n) is 3.35. The third-order valence-corrected chi connectivity index (χ3v) is 4.95. The van der Waals surface area contributed by atoms with Crippen molar-refractivity contribution >= 4 is 11.9 Å². The van der Waals surface area contributed by atoms with Crippen LogP contribution in [0.3, 0.4) is 0 Å². The quantitative estimate of drug-likeness (QED) is 0.302. The smallest absolute Gasteiger partial charge is 0.311 e. The summed E-state index contributed by atoms with van der Waals surface area (Å²) in [6.07, 6.45) is 1.82. The summed E-state index contributed by atoms with van der Waals surface area (Å²) in [5, 5.41) is 8.08. The first kappa shape index (κ1) is 24.2. The van der Waals surface area contributed by atoms with E-state index in [-0.39, 0.29) is 30.5 Å². The lowest BCUT2D eigenvalue weighted by Gasteiger charge is -2.17. The molecule has 176 valence electrons. The Morgan fingerprint density at radius 1 is 0.939 bits per heavy atom. The number of benzene rings is 1. The topological polar surface area (TPSA) is 118 Å². The molecule has 0 fully saturated rings. The highest BCUT2D eigenvalue weighted by molar-refractivity contribution is 5.85. The molecule has 0 unspecified atom stereocenters. The van der Waals surface area contributed by atoms with Gasteiger partial charge in [-0.3, -0.25) is 9.59 Å². The SMILES string of the molecule is CCCC(=O)Oc1cc(OC(=O)CCC)c(C(C)C)cc1-c1onc(C)c1-c1noc(C)n1. The van der Waals surface area contributed by atoms with Gasteiger partial charge in [-0.25, -0.2) is 0 Å². The maximum atomic E-state index is 12.4. The minimum Gasteiger partial charge on any atom is -0.426 e. The van der Waals surface area contributed by atoms with Crippen LogP contribution in [0.25, 0.3) is 22.7 Å². The number of rotatable bonds is 9. The molecule has 0 atom stereocenters. The Balaban J connectivity index is 2.20. The first-order chi connectivity index (χ1) is 15.7. The molecule has 0 N–H and O–H groups in total. The molecule has 0 amide bonds. The van der Waals surface area contributed by atoms with E-state index in [9.17, 15) is 9.59 Å². The van der Waals surface area contributed by atoms with E-state index in [2.05, 4.69) is 15.3 Å². The van der Waals surface area contributed by atoms with Crippen molar-refractivity contribution in [2.24, 2.45) is 0 Å². The maximum Gasteiger partial charge on any atom is 0.311 e. The van der Waals surface area contributed by atoms with Crippen LogP contribution in [-0.4, -0.2) is 27.2 Å². The number of carbonyl (C=O) groups excluding carboxylic acids is 2. The van der Waals surface area contributed by atoms with Gasteiger partial charge >= 0.3 is 11.9 Å². The van der Waals surface area contributed by atoms with Gasteiger partial charge < -0.3 is 18.5 Å². The Kier molecular flexibility index (Phi) is 7.63. The summed E-state index contributed by atoms with van der Waals surface area (Å²) in [4.78, 5) is 28.9. The number of nitrogens with zero attached hydrogens (tertiary/aromatic N) is 3. The highest BCUT2D eigenvalue weighted by Gasteiger charge is 2.27. The van der Waals surface area contributed by atoms with Gasteiger partial charge in [0.25, 0.3) is 0 Å². The lowest BCUT2D eigenvalue weighted by molar-refractivity contribution is -0.134. The zero-order valence-electron chi connectivity index (χ0n) is 19.9. The van der Waals surface area contributed by atoms with E-state index in [1.165, 1.54) is 0 Å². The van der Waals surface area contributed by atoms with E-state index >= 15 is 0 Å². The monoisotopic (exact) mass is 455 g/mol. The normalized spacial score (nSPS) is 11.1. The molecule has 1 aromatic carbocycles. The zero-order chi connectivity index (χ0) is 24.1. The van der Waals surface area contributed by atoms with Crippen molar-refractivity contribution in [2.45, 2.75) is 73.1 Å². The summed E-state index contributed by atoms with van der Waals surface area (Å²) >= 11 is 0. The van der Waals surface area contributed by atoms with Gasteiger partial charge in [0.15, 0.2) is 5.76 Å². The van der Waals surface area contributed by atoms with Gasteiger partial charge in [0, 0.05) is 25.8 Å². The van der Waals surface area contributed by atoms with Crippen LogP contribution in [0.2, 0.25) is 0 Å². The molecule has 0 saturated heterocycles. The van der Waals surface area contributed by atoms with E-state index in [4.69, 9.17) is 18.5 Å². The summed E-state index contributed by atoms with van der Waals surface area (Å²) in [5.41, 5.74) is 2.33. The first-order valence-electron chi connectivity index (χ1n) is 11.1. The van der Waals surface area contributed by atoms with E-state index in [0.717, 1.165) is 5.56 Å². The number of aromatic nitrogens is 3. The summed E-state index contributed by atoms with van der Waals surface area (Å²) in [5.74, 6) is 0.846. The van der Waals surface area contributed by atoms with E-state index in [1.807, 2.05) is 27.7 Å². The zero-order valence-corrected chi connectivity index (χ0v) is 19.9. The number of ether oxygens (including phenoxy) is 2. The number of hydrogen-bond acceptors (Lipinski definition) is 9. The van der Waals surface area contributed by atoms with Crippen LogP contribution in [0.4, 0.5) is 0 Å². The van der Waals surface area contributed by atoms with Gasteiger partial charge in [0.2, 0.25) is 11.7 Å². The van der Waals surface area contributed by atoms with Crippen molar-refractivity contribution in [3.63, 3.8) is 0 Å². The highest BCUT2D eigenvalue weighted by Crippen LogP contribution is 2.43. The van der Waals surface area contributed by atoms with Crippen molar-refractivity contribution in [3.8, 4) is 34.2 Å². The molecule has 3 aromatic rings. The van der Waals surface area contributed by atoms with Gasteiger partial charge in [0.05, 0.1) is 16.8 Å². The van der Waals surface area contributed by atoms with Crippen molar-refractivity contribution in [1.29, 1.82) is 0 Å². The largest absolute Gasteiger partial charge is 0.426 e. The third kappa shape index (κ3) is 5.47. The predicted molar refractivity (Wildman–Crippen MR) is 120 cm³/mol. The Hall–Kier alpha value is -3.49. The number of aryl methyl sites for hydroxylation is 2. The van der Waals surface area contributed by atoms with Gasteiger partial charge in [-0.05, 0) is 37.3 Å². The fourth-order valence-corrected chi connectivity index (χ4v) is 3.35. The number of esters is 2. The Morgan fingerprint density at radius 2 is 1.58 bits per heavy atom. The molecule has 0 aliphatic rings. The van der Waals surface area contributed by atoms with Crippen LogP contribution >= 0.6 is 0 Å². The fraction of sp³-hybridized carbons (Fsp3) is 0.458. The van der Waals surface area contributed by atoms with Crippen molar-refractivity contribution in [1.82, 2.24) is 15.3 Å². The van der Waals surface area contributed by atoms with E-state index in [1.54, 1.807) is 26.0 Å². The second-order valence-corrected chi connectivity index (χ2v) is 8.10. The lowest BCUT2D eigenvalue weighted by Crippen LogP contribution is -2.12. The van der Waals surface area contributed by atoms with Crippen LogP contribution in [0.15, 0.2) is 21.2 Å². The van der Waals surface area contributed by atoms with Gasteiger partial charge in [-0.15, -0.1) is 0 Å². The average molecular weight is 456 g/mol. The van der Waals surface area contributed by atoms with Crippen LogP contribution in [-0.2, 0) is 9.59 Å². The van der Waals surface area contributed by atoms with E-state index in [0.29, 0.717) is 52.9 Å². The van der Waals surface area contributed by atoms with Gasteiger partial charge in [-0.1, -0.05) is 38.0 Å². The highest BCUT2D eigenvalue weighted by atomic mass is 16.5. The second kappa shape index (κ2) is 10.4. The molecule has 0 saturated carbocycles. The van der Waals surface area contributed by atoms with Crippen LogP contribution in [0.1, 0.15) is 76.4 Å². The summed E-state index contributed by atoms with van der Waals surface area (Å²) in [6, 6.07) is 3.36. The molecule has 9 nitrogen and oxygen atoms in total. The van der Waals surface area contributed by atoms with Crippen molar-refractivity contribution in [3.05, 3.63) is 29.3 Å². The molecular weight excluding hydrogens is 426 g/mol. The summed E-state index contributed by atoms with van der Waals surface area (Å²) < 4.78 is 22.1. The minimum atomic E-state index is -0.407. The molecule has 33 heavy (non-hydrogen) atoms. The predicted octanol–water partition coefficient (Wildman–Crippen LogP) is 5.54. The molecule has 9 heteroatoms. The molecule has 0 aliphatic carbocycles. The van der Waals surface area contributed by atoms with Gasteiger partial charge in [-0.2, -0.15) is 4.98 Å². The maximum absolute atomic E-state index is 12.4. The minimum absolute atomic E-state index is 0.00783. The second-order valence-electron chi connectivity index (χ2n) is 8.10. The lowest BCUT2D eigenvalue weighted by atomic mass is 9.96. The molecule has 0 bridgehead atoms. The molecule has 3 rings (SSSR count). The molecular formula is C24H29N3O6. The average Bonchev–Trinajstić information content (AvgIpc) is 3.33. The van der Waals surface area contributed by atoms with Gasteiger partial charge in [0.1, 0.15) is 11.5 Å². The summed E-state index contributed by atoms with van der Waals surface area (Å²) in [6.45, 7) is 11.2. The van der Waals surface area contributed by atoms with Crippen molar-refractivity contribution < 1.29 is 28.1 Å². The molecule has 2 aromatic heterocycles. The molecule has 0 aliphatic heterocycles. The Bertz CT molecular complexity index is 1150. The standard InChI is InChI=1S/C24H29N3O6/c1-7-9-20(28)30-18-12-19(31-21(29)10-8-2)17(11-16(18)13(3)4)23-22(14(5)26-33-23)24-25-15(6)32-27-24/h11-13H,7-10H2,1-6H3. The third-order valence-electron chi connectivity index (χ3n) is 4.95. The first-order valence-corrected chi connectivity index (χ1v) is 11.1. The van der Waals surface area contributed by atoms with Crippen LogP contribution in [0.5, 0.6) is 11.5 Å². The molecule has 2 heterocycles. The Labute approximate surface area is 192 Å². The number of carbonyl (C=O) groups is 2.